The first-order valence-corrected chi connectivity index (χ1v) is 8.01. The third kappa shape index (κ3) is 5.38. The SMILES string of the molecule is COc1ccc(CCNC(=O)CNc2cc(F)ccc2C)cc1OC. The van der Waals surface area contributed by atoms with Gasteiger partial charge in [-0.1, -0.05) is 12.1 Å². The molecule has 0 heterocycles. The molecule has 0 fully saturated rings. The highest BCUT2D eigenvalue weighted by atomic mass is 19.1. The maximum atomic E-state index is 13.2. The molecule has 0 aliphatic heterocycles. The van der Waals surface area contributed by atoms with Crippen LogP contribution in [0.25, 0.3) is 0 Å². The van der Waals surface area contributed by atoms with Crippen molar-refractivity contribution in [1.29, 1.82) is 0 Å². The molecule has 0 aliphatic carbocycles. The standard InChI is InChI=1S/C19H23FN2O3/c1-13-4-6-15(20)11-16(13)22-12-19(23)21-9-8-14-5-7-17(24-2)18(10-14)25-3/h4-7,10-11,22H,8-9,12H2,1-3H3,(H,21,23). The van der Waals surface area contributed by atoms with E-state index < -0.39 is 0 Å². The van der Waals surface area contributed by atoms with E-state index in [1.165, 1.54) is 12.1 Å². The molecule has 0 spiro atoms. The largest absolute Gasteiger partial charge is 0.493 e. The Balaban J connectivity index is 1.79. The zero-order valence-electron chi connectivity index (χ0n) is 14.7. The zero-order valence-corrected chi connectivity index (χ0v) is 14.7. The van der Waals surface area contributed by atoms with E-state index in [2.05, 4.69) is 10.6 Å². The Morgan fingerprint density at radius 1 is 1.08 bits per heavy atom. The highest BCUT2D eigenvalue weighted by Crippen LogP contribution is 2.27. The van der Waals surface area contributed by atoms with Gasteiger partial charge in [0.05, 0.1) is 20.8 Å². The van der Waals surface area contributed by atoms with Crippen molar-refractivity contribution in [3.05, 3.63) is 53.3 Å². The molecule has 1 amide bonds. The third-order valence-electron chi connectivity index (χ3n) is 3.82. The van der Waals surface area contributed by atoms with Crippen LogP contribution < -0.4 is 20.1 Å². The second-order valence-electron chi connectivity index (χ2n) is 5.60. The number of ether oxygens (including phenoxy) is 2. The second kappa shape index (κ2) is 8.92. The first kappa shape index (κ1) is 18.6. The molecule has 0 unspecified atom stereocenters. The van der Waals surface area contributed by atoms with Gasteiger partial charge in [-0.15, -0.1) is 0 Å². The normalized spacial score (nSPS) is 10.2. The molecule has 0 saturated carbocycles. The first-order chi connectivity index (χ1) is 12.0. The fourth-order valence-electron chi connectivity index (χ4n) is 2.41. The lowest BCUT2D eigenvalue weighted by molar-refractivity contribution is -0.119. The Morgan fingerprint density at radius 3 is 2.56 bits per heavy atom. The monoisotopic (exact) mass is 346 g/mol. The van der Waals surface area contributed by atoms with Gasteiger partial charge in [-0.25, -0.2) is 4.39 Å². The molecule has 0 saturated heterocycles. The van der Waals surface area contributed by atoms with E-state index in [1.807, 2.05) is 25.1 Å². The number of benzene rings is 2. The van der Waals surface area contributed by atoms with Gasteiger partial charge in [-0.2, -0.15) is 0 Å². The molecule has 2 N–H and O–H groups in total. The molecule has 25 heavy (non-hydrogen) atoms. The number of aryl methyl sites for hydroxylation is 1. The van der Waals surface area contributed by atoms with Crippen molar-refractivity contribution >= 4 is 11.6 Å². The molecule has 5 nitrogen and oxygen atoms in total. The van der Waals surface area contributed by atoms with Gasteiger partial charge < -0.3 is 20.1 Å². The van der Waals surface area contributed by atoms with Crippen LogP contribution in [-0.4, -0.2) is 33.2 Å². The van der Waals surface area contributed by atoms with Crippen LogP contribution in [0.3, 0.4) is 0 Å². The minimum absolute atomic E-state index is 0.0935. The van der Waals surface area contributed by atoms with E-state index in [0.717, 1.165) is 11.1 Å². The van der Waals surface area contributed by atoms with Gasteiger partial charge in [0.25, 0.3) is 0 Å². The summed E-state index contributed by atoms with van der Waals surface area (Å²) in [7, 11) is 3.18. The van der Waals surface area contributed by atoms with Crippen LogP contribution in [0.5, 0.6) is 11.5 Å². The fourth-order valence-corrected chi connectivity index (χ4v) is 2.41. The number of halogens is 1. The van der Waals surface area contributed by atoms with Crippen molar-refractivity contribution in [1.82, 2.24) is 5.32 Å². The van der Waals surface area contributed by atoms with Gasteiger partial charge in [-0.05, 0) is 48.7 Å². The van der Waals surface area contributed by atoms with E-state index in [4.69, 9.17) is 9.47 Å². The van der Waals surface area contributed by atoms with Crippen LogP contribution in [0.2, 0.25) is 0 Å². The Hall–Kier alpha value is -2.76. The minimum atomic E-state index is -0.332. The summed E-state index contributed by atoms with van der Waals surface area (Å²) in [5, 5.41) is 5.78. The summed E-state index contributed by atoms with van der Waals surface area (Å²) in [6.45, 7) is 2.45. The predicted octanol–water partition coefficient (Wildman–Crippen LogP) is 2.92. The lowest BCUT2D eigenvalue weighted by Gasteiger charge is -2.11. The second-order valence-corrected chi connectivity index (χ2v) is 5.60. The van der Waals surface area contributed by atoms with Gasteiger partial charge in [0.1, 0.15) is 5.82 Å². The van der Waals surface area contributed by atoms with Crippen molar-refractivity contribution in [3.63, 3.8) is 0 Å². The fraction of sp³-hybridized carbons (Fsp3) is 0.316. The van der Waals surface area contributed by atoms with Crippen LogP contribution in [0.1, 0.15) is 11.1 Å². The van der Waals surface area contributed by atoms with Crippen LogP contribution >= 0.6 is 0 Å². The number of hydrogen-bond acceptors (Lipinski definition) is 4. The third-order valence-corrected chi connectivity index (χ3v) is 3.82. The first-order valence-electron chi connectivity index (χ1n) is 8.01. The van der Waals surface area contributed by atoms with Gasteiger partial charge >= 0.3 is 0 Å². The number of carbonyl (C=O) groups excluding carboxylic acids is 1. The molecule has 2 rings (SSSR count). The van der Waals surface area contributed by atoms with E-state index in [1.54, 1.807) is 20.3 Å². The molecule has 0 atom stereocenters. The maximum absolute atomic E-state index is 13.2. The average molecular weight is 346 g/mol. The Labute approximate surface area is 147 Å². The summed E-state index contributed by atoms with van der Waals surface area (Å²) in [5.41, 5.74) is 2.54. The van der Waals surface area contributed by atoms with Crippen LogP contribution in [-0.2, 0) is 11.2 Å². The summed E-state index contributed by atoms with van der Waals surface area (Å²) in [6, 6.07) is 10.1. The Morgan fingerprint density at radius 2 is 1.84 bits per heavy atom. The lowest BCUT2D eigenvalue weighted by atomic mass is 10.1. The van der Waals surface area contributed by atoms with E-state index >= 15 is 0 Å². The number of hydrogen-bond donors (Lipinski definition) is 2. The summed E-state index contributed by atoms with van der Waals surface area (Å²) in [5.74, 6) is 0.852. The van der Waals surface area contributed by atoms with Crippen molar-refractivity contribution in [2.75, 3.05) is 32.6 Å². The molecule has 0 aromatic heterocycles. The molecular formula is C19H23FN2O3. The quantitative estimate of drug-likeness (QED) is 0.772. The molecule has 6 heteroatoms. The van der Waals surface area contributed by atoms with Gasteiger partial charge in [0, 0.05) is 12.2 Å². The number of carbonyl (C=O) groups is 1. The van der Waals surface area contributed by atoms with Crippen molar-refractivity contribution in [2.45, 2.75) is 13.3 Å². The molecule has 2 aromatic rings. The summed E-state index contributed by atoms with van der Waals surface area (Å²) in [6.07, 6.45) is 0.672. The number of rotatable bonds is 8. The number of anilines is 1. The number of amides is 1. The van der Waals surface area contributed by atoms with Gasteiger partial charge in [0.15, 0.2) is 11.5 Å². The van der Waals surface area contributed by atoms with Crippen LogP contribution in [0.15, 0.2) is 36.4 Å². The summed E-state index contributed by atoms with van der Waals surface area (Å²) >= 11 is 0. The molecule has 0 bridgehead atoms. The highest BCUT2D eigenvalue weighted by molar-refractivity contribution is 5.80. The van der Waals surface area contributed by atoms with Crippen molar-refractivity contribution in [3.8, 4) is 11.5 Å². The summed E-state index contributed by atoms with van der Waals surface area (Å²) < 4.78 is 23.7. The Bertz CT molecular complexity index is 735. The topological polar surface area (TPSA) is 59.6 Å². The average Bonchev–Trinajstić information content (AvgIpc) is 2.62. The smallest absolute Gasteiger partial charge is 0.239 e. The summed E-state index contributed by atoms with van der Waals surface area (Å²) in [4.78, 5) is 11.9. The van der Waals surface area contributed by atoms with Crippen molar-refractivity contribution in [2.24, 2.45) is 0 Å². The zero-order chi connectivity index (χ0) is 18.2. The molecule has 134 valence electrons. The van der Waals surface area contributed by atoms with E-state index in [-0.39, 0.29) is 18.3 Å². The van der Waals surface area contributed by atoms with Crippen molar-refractivity contribution < 1.29 is 18.7 Å². The van der Waals surface area contributed by atoms with Crippen LogP contribution in [0.4, 0.5) is 10.1 Å². The number of nitrogens with one attached hydrogen (secondary N) is 2. The molecule has 0 radical (unpaired) electrons. The minimum Gasteiger partial charge on any atom is -0.493 e. The molecule has 2 aromatic carbocycles. The molecule has 0 aliphatic rings. The van der Waals surface area contributed by atoms with E-state index in [9.17, 15) is 9.18 Å². The molecular weight excluding hydrogens is 323 g/mol. The maximum Gasteiger partial charge on any atom is 0.239 e. The van der Waals surface area contributed by atoms with Gasteiger partial charge in [0.2, 0.25) is 5.91 Å². The number of methoxy groups -OCH3 is 2. The van der Waals surface area contributed by atoms with Crippen LogP contribution in [0, 0.1) is 12.7 Å². The predicted molar refractivity (Wildman–Crippen MR) is 95.9 cm³/mol. The van der Waals surface area contributed by atoms with E-state index in [0.29, 0.717) is 30.2 Å². The highest BCUT2D eigenvalue weighted by Gasteiger charge is 2.06. The lowest BCUT2D eigenvalue weighted by Crippen LogP contribution is -2.31. The van der Waals surface area contributed by atoms with Gasteiger partial charge in [-0.3, -0.25) is 4.79 Å². The Kier molecular flexibility index (Phi) is 6.62.